The third-order valence-corrected chi connectivity index (χ3v) is 12.6. The molecule has 4 fully saturated rings. The number of amides is 4. The molecule has 3 aromatic rings. The van der Waals surface area contributed by atoms with E-state index in [1.54, 1.807) is 24.3 Å². The van der Waals surface area contributed by atoms with Gasteiger partial charge in [0.25, 0.3) is 0 Å². The Bertz CT molecular complexity index is 1900. The van der Waals surface area contributed by atoms with Crippen molar-refractivity contribution >= 4 is 47.2 Å². The molecule has 0 N–H and O–H groups in total. The number of nitrogens with zero attached hydrogens (tertiary/aromatic N) is 2. The molecule has 6 heteroatoms. The van der Waals surface area contributed by atoms with E-state index >= 15 is 0 Å². The highest BCUT2D eigenvalue weighted by atomic mass is 16.2. The topological polar surface area (TPSA) is 74.8 Å². The Kier molecular flexibility index (Phi) is 7.27. The van der Waals surface area contributed by atoms with Crippen LogP contribution in [0.15, 0.2) is 109 Å². The number of carbonyl (C=O) groups is 4. The molecule has 2 saturated heterocycles. The Morgan fingerprint density at radius 2 is 0.940 bits per heavy atom. The van der Waals surface area contributed by atoms with Crippen molar-refractivity contribution in [3.8, 4) is 0 Å². The zero-order valence-electron chi connectivity index (χ0n) is 28.0. The maximum atomic E-state index is 14.0. The average Bonchev–Trinajstić information content (AvgIpc) is 3.98. The first kappa shape index (κ1) is 30.9. The van der Waals surface area contributed by atoms with Crippen molar-refractivity contribution in [3.05, 3.63) is 132 Å². The minimum Gasteiger partial charge on any atom is -0.274 e. The summed E-state index contributed by atoms with van der Waals surface area (Å²) in [5.41, 5.74) is 8.12. The van der Waals surface area contributed by atoms with Gasteiger partial charge in [-0.2, -0.15) is 0 Å². The summed E-state index contributed by atoms with van der Waals surface area (Å²) in [4.78, 5) is 58.5. The highest BCUT2D eigenvalue weighted by Gasteiger charge is 2.63. The van der Waals surface area contributed by atoms with Crippen LogP contribution in [0.2, 0.25) is 0 Å². The first-order valence-corrected chi connectivity index (χ1v) is 18.0. The molecule has 250 valence electrons. The molecule has 9 rings (SSSR count). The van der Waals surface area contributed by atoms with Gasteiger partial charge in [-0.25, -0.2) is 9.80 Å². The number of imide groups is 2. The maximum absolute atomic E-state index is 14.0. The minimum absolute atomic E-state index is 0.0672. The number of hydrogen-bond donors (Lipinski definition) is 0. The summed E-state index contributed by atoms with van der Waals surface area (Å²) in [5, 5.41) is 0. The lowest BCUT2D eigenvalue weighted by Crippen LogP contribution is -2.35. The highest BCUT2D eigenvalue weighted by molar-refractivity contribution is 6.25. The lowest BCUT2D eigenvalue weighted by Gasteiger charge is -2.23. The van der Waals surface area contributed by atoms with Crippen LogP contribution in [-0.2, 0) is 32.0 Å². The quantitative estimate of drug-likeness (QED) is 0.166. The highest BCUT2D eigenvalue weighted by Crippen LogP contribution is 2.58. The van der Waals surface area contributed by atoms with Crippen molar-refractivity contribution < 1.29 is 19.2 Å². The molecule has 0 spiro atoms. The van der Waals surface area contributed by atoms with Gasteiger partial charge in [-0.1, -0.05) is 103 Å². The number of carbonyl (C=O) groups excluding carboxylic acids is 4. The van der Waals surface area contributed by atoms with Crippen molar-refractivity contribution in [3.63, 3.8) is 0 Å². The second-order valence-electron chi connectivity index (χ2n) is 15.0. The first-order chi connectivity index (χ1) is 24.3. The van der Waals surface area contributed by atoms with Crippen molar-refractivity contribution in [2.24, 2.45) is 47.3 Å². The molecule has 4 amide bonds. The molecule has 8 unspecified atom stereocenters. The van der Waals surface area contributed by atoms with Gasteiger partial charge in [-0.15, -0.1) is 0 Å². The van der Waals surface area contributed by atoms with Gasteiger partial charge < -0.3 is 0 Å². The van der Waals surface area contributed by atoms with Gasteiger partial charge in [-0.05, 0) is 103 Å². The molecule has 3 aromatic carbocycles. The molecule has 2 aliphatic heterocycles. The molecule has 6 nitrogen and oxygen atoms in total. The summed E-state index contributed by atoms with van der Waals surface area (Å²) in [7, 11) is 0. The molecule has 6 aliphatic rings. The Balaban J connectivity index is 0.894. The lowest BCUT2D eigenvalue weighted by atomic mass is 9.79. The van der Waals surface area contributed by atoms with Gasteiger partial charge in [0.2, 0.25) is 23.6 Å². The van der Waals surface area contributed by atoms with E-state index in [0.29, 0.717) is 11.4 Å². The molecule has 4 bridgehead atoms. The molecule has 8 atom stereocenters. The summed E-state index contributed by atoms with van der Waals surface area (Å²) in [6.07, 6.45) is 13.4. The predicted molar refractivity (Wildman–Crippen MR) is 194 cm³/mol. The van der Waals surface area contributed by atoms with Crippen molar-refractivity contribution in [2.75, 3.05) is 9.80 Å². The fourth-order valence-corrected chi connectivity index (χ4v) is 10.3. The first-order valence-electron chi connectivity index (χ1n) is 18.0. The normalized spacial score (nSPS) is 30.2. The van der Waals surface area contributed by atoms with E-state index in [1.165, 1.54) is 32.1 Å². The van der Waals surface area contributed by atoms with Crippen molar-refractivity contribution in [2.45, 2.75) is 38.5 Å². The molecule has 2 heterocycles. The number of hydrogen-bond acceptors (Lipinski definition) is 4. The Morgan fingerprint density at radius 1 is 0.540 bits per heavy atom. The van der Waals surface area contributed by atoms with Crippen LogP contribution in [0.3, 0.4) is 0 Å². The predicted octanol–water partition coefficient (Wildman–Crippen LogP) is 7.60. The molecule has 50 heavy (non-hydrogen) atoms. The van der Waals surface area contributed by atoms with Gasteiger partial charge in [0, 0.05) is 0 Å². The minimum atomic E-state index is -0.353. The Morgan fingerprint density at radius 3 is 1.34 bits per heavy atom. The summed E-state index contributed by atoms with van der Waals surface area (Å²) >= 11 is 0. The van der Waals surface area contributed by atoms with Gasteiger partial charge in [-0.3, -0.25) is 19.2 Å². The van der Waals surface area contributed by atoms with E-state index < -0.39 is 0 Å². The molecule has 2 saturated carbocycles. The molecular weight excluding hydrogens is 620 g/mol. The fraction of sp³-hybridized carbons (Fsp3) is 0.318. The summed E-state index contributed by atoms with van der Waals surface area (Å²) in [5.74, 6) is -1.76. The largest absolute Gasteiger partial charge is 0.274 e. The molecule has 4 aliphatic carbocycles. The van der Waals surface area contributed by atoms with Gasteiger partial charge >= 0.3 is 0 Å². The molecular formula is C44H40N2O4. The van der Waals surface area contributed by atoms with Crippen LogP contribution in [0.25, 0.3) is 12.2 Å². The van der Waals surface area contributed by atoms with Crippen LogP contribution in [0.5, 0.6) is 0 Å². The lowest BCUT2D eigenvalue weighted by molar-refractivity contribution is -0.124. The fourth-order valence-electron chi connectivity index (χ4n) is 10.3. The molecule has 0 radical (unpaired) electrons. The van der Waals surface area contributed by atoms with E-state index in [1.807, 2.05) is 12.2 Å². The zero-order valence-corrected chi connectivity index (χ0v) is 28.0. The van der Waals surface area contributed by atoms with E-state index in [0.717, 1.165) is 49.7 Å². The van der Waals surface area contributed by atoms with Crippen LogP contribution in [0.1, 0.15) is 47.9 Å². The second-order valence-corrected chi connectivity index (χ2v) is 15.0. The van der Waals surface area contributed by atoms with Gasteiger partial charge in [0.1, 0.15) is 0 Å². The number of rotatable bonds is 10. The van der Waals surface area contributed by atoms with Crippen molar-refractivity contribution in [1.29, 1.82) is 0 Å². The van der Waals surface area contributed by atoms with E-state index in [4.69, 9.17) is 0 Å². The number of allylic oxidation sites excluding steroid dienone is 4. The van der Waals surface area contributed by atoms with E-state index in [2.05, 4.69) is 73.8 Å². The van der Waals surface area contributed by atoms with Crippen LogP contribution in [0, 0.1) is 47.3 Å². The summed E-state index contributed by atoms with van der Waals surface area (Å²) < 4.78 is 0. The average molecular weight is 661 g/mol. The van der Waals surface area contributed by atoms with Crippen LogP contribution in [-0.4, -0.2) is 23.6 Å². The number of aryl methyl sites for hydroxylation is 2. The summed E-state index contributed by atoms with van der Waals surface area (Å²) in [6.45, 7) is 7.66. The number of fused-ring (bicyclic) bond motifs is 10. The van der Waals surface area contributed by atoms with Crippen LogP contribution >= 0.6 is 0 Å². The Hall–Kier alpha value is -5.10. The SMILES string of the molecule is C=Cc1ccc(CCC2=CC3CC2C2C(=O)N(c4cccc(N5C(=O)C6C7C=C(CCc8ccc(C=C)cc8)C(C7)C6C5=O)c4)C(=O)C32)cc1. The third-order valence-electron chi connectivity index (χ3n) is 12.6. The van der Waals surface area contributed by atoms with Gasteiger partial charge in [0.15, 0.2) is 0 Å². The van der Waals surface area contributed by atoms with E-state index in [9.17, 15) is 19.2 Å². The summed E-state index contributed by atoms with van der Waals surface area (Å²) in [6, 6.07) is 23.7. The second kappa shape index (κ2) is 11.8. The van der Waals surface area contributed by atoms with Gasteiger partial charge in [0.05, 0.1) is 35.0 Å². The van der Waals surface area contributed by atoms with Crippen LogP contribution < -0.4 is 9.80 Å². The number of benzene rings is 3. The monoisotopic (exact) mass is 660 g/mol. The van der Waals surface area contributed by atoms with Crippen molar-refractivity contribution in [1.82, 2.24) is 0 Å². The number of anilines is 2. The van der Waals surface area contributed by atoms with E-state index in [-0.39, 0.29) is 71.0 Å². The Labute approximate surface area is 292 Å². The third kappa shape index (κ3) is 4.68. The molecule has 0 aromatic heterocycles. The maximum Gasteiger partial charge on any atom is 0.238 e. The van der Waals surface area contributed by atoms with Crippen LogP contribution in [0.4, 0.5) is 11.4 Å². The zero-order chi connectivity index (χ0) is 34.3. The smallest absolute Gasteiger partial charge is 0.238 e. The standard InChI is InChI=1S/C44H40N2O4/c1-3-25-8-12-27(13-9-25)16-18-29-20-31-22-35(29)39-37(31)41(47)45(43(39)49)33-6-5-7-34(24-33)46-42(48)38-32-21-30(36(23-32)40(38)44(46)50)19-17-28-14-10-26(4-2)11-15-28/h3-15,20-21,24,31-32,35-40H,1-2,16-19,22-23H2.